The minimum atomic E-state index is 0.286. The Balaban J connectivity index is 2.30. The van der Waals surface area contributed by atoms with Gasteiger partial charge in [0.05, 0.1) is 7.11 Å². The molecule has 1 aromatic rings. The Hall–Kier alpha value is -1.24. The van der Waals surface area contributed by atoms with E-state index in [0.717, 1.165) is 5.75 Å². The van der Waals surface area contributed by atoms with Gasteiger partial charge in [-0.05, 0) is 36.3 Å². The van der Waals surface area contributed by atoms with E-state index in [4.69, 9.17) is 4.74 Å². The van der Waals surface area contributed by atoms with Crippen LogP contribution < -0.4 is 4.74 Å². The van der Waals surface area contributed by atoms with Crippen LogP contribution in [0.25, 0.3) is 0 Å². The summed E-state index contributed by atoms with van der Waals surface area (Å²) in [5, 5.41) is 0. The Morgan fingerprint density at radius 2 is 2.13 bits per heavy atom. The van der Waals surface area contributed by atoms with E-state index in [0.29, 0.717) is 5.92 Å². The number of hydrogen-bond donors (Lipinski definition) is 0. The van der Waals surface area contributed by atoms with Crippen molar-refractivity contribution in [3.63, 3.8) is 0 Å². The number of ether oxygens (including phenoxy) is 1. The molecule has 1 aliphatic rings. The van der Waals surface area contributed by atoms with Crippen LogP contribution in [-0.2, 0) is 0 Å². The standard InChI is InChI=1S/C14H18O/c1-10(2)14(3)9-12(14)11-7-5-6-8-13(11)15-4/h5-8,12H,1,9H2,2-4H3/t12-,14-/m1/s1. The molecule has 0 N–H and O–H groups in total. The molecule has 2 rings (SSSR count). The predicted octanol–water partition coefficient (Wildman–Crippen LogP) is 3.76. The highest BCUT2D eigenvalue weighted by Crippen LogP contribution is 2.64. The van der Waals surface area contributed by atoms with Gasteiger partial charge in [0.1, 0.15) is 5.75 Å². The Morgan fingerprint density at radius 1 is 1.47 bits per heavy atom. The second kappa shape index (κ2) is 3.41. The normalized spacial score (nSPS) is 28.6. The van der Waals surface area contributed by atoms with Crippen molar-refractivity contribution < 1.29 is 4.74 Å². The van der Waals surface area contributed by atoms with E-state index in [-0.39, 0.29) is 5.41 Å². The van der Waals surface area contributed by atoms with Crippen molar-refractivity contribution in [2.24, 2.45) is 5.41 Å². The first kappa shape index (κ1) is 10.3. The second-order valence-electron chi connectivity index (χ2n) is 4.70. The van der Waals surface area contributed by atoms with Gasteiger partial charge in [0.25, 0.3) is 0 Å². The van der Waals surface area contributed by atoms with Crippen molar-refractivity contribution in [3.8, 4) is 5.75 Å². The molecule has 1 fully saturated rings. The topological polar surface area (TPSA) is 9.23 Å². The Bertz CT molecular complexity index is 394. The molecule has 0 heterocycles. The molecule has 0 radical (unpaired) electrons. The molecule has 1 saturated carbocycles. The number of benzene rings is 1. The number of rotatable bonds is 3. The van der Waals surface area contributed by atoms with Crippen molar-refractivity contribution in [1.29, 1.82) is 0 Å². The van der Waals surface area contributed by atoms with E-state index in [1.807, 2.05) is 12.1 Å². The molecule has 15 heavy (non-hydrogen) atoms. The van der Waals surface area contributed by atoms with Crippen LogP contribution in [0.4, 0.5) is 0 Å². The molecule has 0 spiro atoms. The van der Waals surface area contributed by atoms with Crippen molar-refractivity contribution in [3.05, 3.63) is 42.0 Å². The minimum Gasteiger partial charge on any atom is -0.496 e. The molecular weight excluding hydrogens is 184 g/mol. The summed E-state index contributed by atoms with van der Waals surface area (Å²) < 4.78 is 5.39. The van der Waals surface area contributed by atoms with Gasteiger partial charge in [-0.2, -0.15) is 0 Å². The molecule has 0 aromatic heterocycles. The zero-order valence-electron chi connectivity index (χ0n) is 9.71. The molecule has 0 saturated heterocycles. The Labute approximate surface area is 91.8 Å². The van der Waals surface area contributed by atoms with Crippen molar-refractivity contribution in [2.75, 3.05) is 7.11 Å². The molecule has 0 amide bonds. The van der Waals surface area contributed by atoms with Crippen molar-refractivity contribution in [1.82, 2.24) is 0 Å². The highest BCUT2D eigenvalue weighted by atomic mass is 16.5. The molecule has 1 aliphatic carbocycles. The first-order chi connectivity index (χ1) is 7.09. The van der Waals surface area contributed by atoms with Crippen molar-refractivity contribution in [2.45, 2.75) is 26.2 Å². The fourth-order valence-electron chi connectivity index (χ4n) is 2.24. The summed E-state index contributed by atoms with van der Waals surface area (Å²) in [7, 11) is 1.74. The van der Waals surface area contributed by atoms with Gasteiger partial charge in [-0.25, -0.2) is 0 Å². The van der Waals surface area contributed by atoms with E-state index in [2.05, 4.69) is 32.6 Å². The largest absolute Gasteiger partial charge is 0.496 e. The van der Waals surface area contributed by atoms with Crippen LogP contribution in [0.15, 0.2) is 36.4 Å². The molecule has 80 valence electrons. The molecule has 2 atom stereocenters. The molecule has 1 nitrogen and oxygen atoms in total. The first-order valence-electron chi connectivity index (χ1n) is 5.38. The maximum absolute atomic E-state index is 5.39. The lowest BCUT2D eigenvalue weighted by Crippen LogP contribution is -1.99. The average molecular weight is 202 g/mol. The first-order valence-corrected chi connectivity index (χ1v) is 5.38. The van der Waals surface area contributed by atoms with Gasteiger partial charge < -0.3 is 4.74 Å². The molecule has 1 aromatic carbocycles. The number of allylic oxidation sites excluding steroid dienone is 1. The molecule has 1 heteroatoms. The monoisotopic (exact) mass is 202 g/mol. The van der Waals surface area contributed by atoms with Gasteiger partial charge in [-0.15, -0.1) is 0 Å². The van der Waals surface area contributed by atoms with Crippen LogP contribution in [0.2, 0.25) is 0 Å². The lowest BCUT2D eigenvalue weighted by Gasteiger charge is -2.13. The quantitative estimate of drug-likeness (QED) is 0.678. The lowest BCUT2D eigenvalue weighted by molar-refractivity contribution is 0.408. The summed E-state index contributed by atoms with van der Waals surface area (Å²) in [6, 6.07) is 8.29. The van der Waals surface area contributed by atoms with Gasteiger partial charge in [0.2, 0.25) is 0 Å². The minimum absolute atomic E-state index is 0.286. The van der Waals surface area contributed by atoms with Gasteiger partial charge >= 0.3 is 0 Å². The fourth-order valence-corrected chi connectivity index (χ4v) is 2.24. The van der Waals surface area contributed by atoms with Gasteiger partial charge in [-0.3, -0.25) is 0 Å². The Morgan fingerprint density at radius 3 is 2.67 bits per heavy atom. The van der Waals surface area contributed by atoms with Gasteiger partial charge in [-0.1, -0.05) is 37.3 Å². The van der Waals surface area contributed by atoms with Crippen LogP contribution in [0, 0.1) is 5.41 Å². The summed E-state index contributed by atoms with van der Waals surface area (Å²) >= 11 is 0. The highest BCUT2D eigenvalue weighted by Gasteiger charge is 2.52. The highest BCUT2D eigenvalue weighted by molar-refractivity contribution is 5.44. The van der Waals surface area contributed by atoms with E-state index in [1.165, 1.54) is 17.6 Å². The number of methoxy groups -OCH3 is 1. The predicted molar refractivity (Wildman–Crippen MR) is 63.3 cm³/mol. The number of para-hydroxylation sites is 1. The molecular formula is C14H18O. The SMILES string of the molecule is C=C(C)[C@@]1(C)C[C@@H]1c1ccccc1OC. The summed E-state index contributed by atoms with van der Waals surface area (Å²) in [6.07, 6.45) is 1.20. The average Bonchev–Trinajstić information content (AvgIpc) is 2.92. The maximum Gasteiger partial charge on any atom is 0.122 e. The summed E-state index contributed by atoms with van der Waals surface area (Å²) in [4.78, 5) is 0. The van der Waals surface area contributed by atoms with Crippen LogP contribution in [0.1, 0.15) is 31.7 Å². The zero-order valence-corrected chi connectivity index (χ0v) is 9.71. The zero-order chi connectivity index (χ0) is 11.1. The van der Waals surface area contributed by atoms with Crippen LogP contribution in [0.3, 0.4) is 0 Å². The van der Waals surface area contributed by atoms with Crippen LogP contribution >= 0.6 is 0 Å². The van der Waals surface area contributed by atoms with Gasteiger partial charge in [0.15, 0.2) is 0 Å². The van der Waals surface area contributed by atoms with E-state index >= 15 is 0 Å². The summed E-state index contributed by atoms with van der Waals surface area (Å²) in [5.74, 6) is 1.60. The second-order valence-corrected chi connectivity index (χ2v) is 4.70. The third-order valence-electron chi connectivity index (χ3n) is 3.73. The lowest BCUT2D eigenvalue weighted by atomic mass is 9.94. The third-order valence-corrected chi connectivity index (χ3v) is 3.73. The molecule has 0 unspecified atom stereocenters. The molecule has 0 bridgehead atoms. The van der Waals surface area contributed by atoms with E-state index < -0.39 is 0 Å². The van der Waals surface area contributed by atoms with Crippen LogP contribution in [0.5, 0.6) is 5.75 Å². The summed E-state index contributed by atoms with van der Waals surface area (Å²) in [5.41, 5.74) is 2.89. The third kappa shape index (κ3) is 1.56. The van der Waals surface area contributed by atoms with E-state index in [1.54, 1.807) is 7.11 Å². The maximum atomic E-state index is 5.39. The Kier molecular flexibility index (Phi) is 2.34. The van der Waals surface area contributed by atoms with E-state index in [9.17, 15) is 0 Å². The smallest absolute Gasteiger partial charge is 0.122 e. The number of hydrogen-bond acceptors (Lipinski definition) is 1. The van der Waals surface area contributed by atoms with Gasteiger partial charge in [0, 0.05) is 0 Å². The fraction of sp³-hybridized carbons (Fsp3) is 0.429. The summed E-state index contributed by atoms with van der Waals surface area (Å²) in [6.45, 7) is 8.48. The molecule has 0 aliphatic heterocycles. The van der Waals surface area contributed by atoms with Crippen molar-refractivity contribution >= 4 is 0 Å². The van der Waals surface area contributed by atoms with Crippen LogP contribution in [-0.4, -0.2) is 7.11 Å².